The zero-order valence-electron chi connectivity index (χ0n) is 8.06. The lowest BCUT2D eigenvalue weighted by Crippen LogP contribution is -1.96. The standard InChI is InChI=1S/C12H17/c1-4-10-8-7-9-11(5-2)12(10)6-3/h7-9H,1,4-6H2,2-3H3. The number of rotatable bonds is 3. The normalized spacial score (nSPS) is 10.2. The summed E-state index contributed by atoms with van der Waals surface area (Å²) in [5.74, 6) is 0. The maximum atomic E-state index is 3.94. The van der Waals surface area contributed by atoms with Gasteiger partial charge in [-0.2, -0.15) is 0 Å². The molecule has 0 aliphatic heterocycles. The molecule has 0 spiro atoms. The Morgan fingerprint density at radius 2 is 1.75 bits per heavy atom. The van der Waals surface area contributed by atoms with Gasteiger partial charge < -0.3 is 0 Å². The van der Waals surface area contributed by atoms with Crippen molar-refractivity contribution in [2.24, 2.45) is 0 Å². The van der Waals surface area contributed by atoms with Crippen LogP contribution in [-0.2, 0) is 19.3 Å². The van der Waals surface area contributed by atoms with Gasteiger partial charge >= 0.3 is 0 Å². The van der Waals surface area contributed by atoms with Crippen LogP contribution in [-0.4, -0.2) is 0 Å². The van der Waals surface area contributed by atoms with Crippen LogP contribution >= 0.6 is 0 Å². The van der Waals surface area contributed by atoms with Crippen LogP contribution in [0.15, 0.2) is 18.2 Å². The summed E-state index contributed by atoms with van der Waals surface area (Å²) in [5.41, 5.74) is 4.41. The molecule has 0 amide bonds. The van der Waals surface area contributed by atoms with Gasteiger partial charge in [-0.3, -0.25) is 0 Å². The quantitative estimate of drug-likeness (QED) is 0.638. The highest BCUT2D eigenvalue weighted by atomic mass is 14.1. The van der Waals surface area contributed by atoms with Crippen LogP contribution in [0, 0.1) is 6.92 Å². The molecule has 0 aliphatic rings. The summed E-state index contributed by atoms with van der Waals surface area (Å²) in [6.07, 6.45) is 3.18. The van der Waals surface area contributed by atoms with E-state index in [1.165, 1.54) is 16.7 Å². The second kappa shape index (κ2) is 4.30. The van der Waals surface area contributed by atoms with Crippen LogP contribution in [0.3, 0.4) is 0 Å². The molecule has 0 aliphatic carbocycles. The highest BCUT2D eigenvalue weighted by Crippen LogP contribution is 2.16. The van der Waals surface area contributed by atoms with Gasteiger partial charge in [0.05, 0.1) is 0 Å². The summed E-state index contributed by atoms with van der Waals surface area (Å²) < 4.78 is 0. The zero-order valence-corrected chi connectivity index (χ0v) is 8.06. The summed E-state index contributed by atoms with van der Waals surface area (Å²) in [7, 11) is 0. The fourth-order valence-corrected chi connectivity index (χ4v) is 1.71. The van der Waals surface area contributed by atoms with E-state index in [-0.39, 0.29) is 0 Å². The van der Waals surface area contributed by atoms with E-state index in [2.05, 4.69) is 39.0 Å². The third-order valence-corrected chi connectivity index (χ3v) is 2.37. The molecular weight excluding hydrogens is 144 g/mol. The van der Waals surface area contributed by atoms with E-state index in [1.54, 1.807) is 0 Å². The highest BCUT2D eigenvalue weighted by molar-refractivity contribution is 5.35. The molecule has 12 heavy (non-hydrogen) atoms. The van der Waals surface area contributed by atoms with Crippen molar-refractivity contribution in [3.05, 3.63) is 41.8 Å². The lowest BCUT2D eigenvalue weighted by atomic mass is 9.96. The number of benzene rings is 1. The molecule has 0 unspecified atom stereocenters. The van der Waals surface area contributed by atoms with Crippen molar-refractivity contribution in [2.45, 2.75) is 33.1 Å². The molecule has 0 heteroatoms. The number of hydrogen-bond donors (Lipinski definition) is 0. The van der Waals surface area contributed by atoms with E-state index >= 15 is 0 Å². The fraction of sp³-hybridized carbons (Fsp3) is 0.417. The minimum atomic E-state index is 0.914. The third kappa shape index (κ3) is 1.69. The van der Waals surface area contributed by atoms with Crippen LogP contribution in [0.1, 0.15) is 30.5 Å². The van der Waals surface area contributed by atoms with Crippen LogP contribution in [0.5, 0.6) is 0 Å². The van der Waals surface area contributed by atoms with E-state index in [1.807, 2.05) is 0 Å². The smallest absolute Gasteiger partial charge is 0.0276 e. The first-order valence-corrected chi connectivity index (χ1v) is 4.72. The maximum absolute atomic E-state index is 3.94. The summed E-state index contributed by atoms with van der Waals surface area (Å²) in [6.45, 7) is 8.37. The Labute approximate surface area is 75.6 Å². The molecule has 1 radical (unpaired) electrons. The van der Waals surface area contributed by atoms with E-state index in [9.17, 15) is 0 Å². The average Bonchev–Trinajstić information content (AvgIpc) is 2.16. The molecule has 0 saturated carbocycles. The van der Waals surface area contributed by atoms with Crippen LogP contribution in [0.2, 0.25) is 0 Å². The Morgan fingerprint density at radius 3 is 2.25 bits per heavy atom. The van der Waals surface area contributed by atoms with Crippen molar-refractivity contribution >= 4 is 0 Å². The molecule has 0 bridgehead atoms. The largest absolute Gasteiger partial charge is 0.0617 e. The molecule has 0 aromatic heterocycles. The van der Waals surface area contributed by atoms with Gasteiger partial charge in [0.1, 0.15) is 0 Å². The Morgan fingerprint density at radius 1 is 1.08 bits per heavy atom. The zero-order chi connectivity index (χ0) is 8.97. The predicted octanol–water partition coefficient (Wildman–Crippen LogP) is 3.19. The van der Waals surface area contributed by atoms with Crippen LogP contribution < -0.4 is 0 Å². The average molecular weight is 161 g/mol. The molecule has 0 N–H and O–H groups in total. The summed E-state index contributed by atoms with van der Waals surface area (Å²) in [6, 6.07) is 6.54. The third-order valence-electron chi connectivity index (χ3n) is 2.37. The van der Waals surface area contributed by atoms with E-state index in [0.717, 1.165) is 19.3 Å². The molecule has 1 aromatic carbocycles. The molecule has 0 saturated heterocycles. The Hall–Kier alpha value is -0.780. The van der Waals surface area contributed by atoms with Gasteiger partial charge in [0.2, 0.25) is 0 Å². The molecular formula is C12H17. The van der Waals surface area contributed by atoms with Gasteiger partial charge in [0.25, 0.3) is 0 Å². The van der Waals surface area contributed by atoms with E-state index in [4.69, 9.17) is 0 Å². The summed E-state index contributed by atoms with van der Waals surface area (Å²) in [4.78, 5) is 0. The molecule has 0 atom stereocenters. The molecule has 0 nitrogen and oxygen atoms in total. The van der Waals surface area contributed by atoms with Crippen molar-refractivity contribution in [2.75, 3.05) is 0 Å². The molecule has 0 fully saturated rings. The second-order valence-corrected chi connectivity index (χ2v) is 3.01. The van der Waals surface area contributed by atoms with E-state index < -0.39 is 0 Å². The van der Waals surface area contributed by atoms with Crippen LogP contribution in [0.25, 0.3) is 0 Å². The molecule has 1 aromatic rings. The molecule has 0 heterocycles. The Bertz CT molecular complexity index is 226. The predicted molar refractivity (Wildman–Crippen MR) is 54.3 cm³/mol. The lowest BCUT2D eigenvalue weighted by Gasteiger charge is -2.10. The summed E-state index contributed by atoms with van der Waals surface area (Å²) >= 11 is 0. The van der Waals surface area contributed by atoms with Crippen molar-refractivity contribution in [1.29, 1.82) is 0 Å². The minimum absolute atomic E-state index is 0.914. The van der Waals surface area contributed by atoms with Gasteiger partial charge in [-0.25, -0.2) is 0 Å². The van der Waals surface area contributed by atoms with Crippen molar-refractivity contribution in [1.82, 2.24) is 0 Å². The van der Waals surface area contributed by atoms with Gasteiger partial charge in [0.15, 0.2) is 0 Å². The van der Waals surface area contributed by atoms with Gasteiger partial charge in [-0.15, -0.1) is 0 Å². The first kappa shape index (κ1) is 9.31. The maximum Gasteiger partial charge on any atom is -0.0276 e. The van der Waals surface area contributed by atoms with E-state index in [0.29, 0.717) is 0 Å². The monoisotopic (exact) mass is 161 g/mol. The Balaban J connectivity index is 3.13. The van der Waals surface area contributed by atoms with Crippen molar-refractivity contribution in [3.8, 4) is 0 Å². The van der Waals surface area contributed by atoms with Gasteiger partial charge in [-0.1, -0.05) is 32.0 Å². The summed E-state index contributed by atoms with van der Waals surface area (Å²) in [5, 5.41) is 0. The van der Waals surface area contributed by atoms with Crippen LogP contribution in [0.4, 0.5) is 0 Å². The van der Waals surface area contributed by atoms with Crippen molar-refractivity contribution < 1.29 is 0 Å². The highest BCUT2D eigenvalue weighted by Gasteiger charge is 2.02. The van der Waals surface area contributed by atoms with Gasteiger partial charge in [0, 0.05) is 0 Å². The second-order valence-electron chi connectivity index (χ2n) is 3.01. The Kier molecular flexibility index (Phi) is 3.33. The topological polar surface area (TPSA) is 0 Å². The molecule has 65 valence electrons. The first-order chi connectivity index (χ1) is 5.83. The molecule has 1 rings (SSSR count). The minimum Gasteiger partial charge on any atom is -0.0617 e. The SMILES string of the molecule is [CH2]Cc1cccc(CC)c1CC. The fourth-order valence-electron chi connectivity index (χ4n) is 1.71. The number of aryl methyl sites for hydroxylation is 1. The first-order valence-electron chi connectivity index (χ1n) is 4.72. The van der Waals surface area contributed by atoms with Gasteiger partial charge in [-0.05, 0) is 42.9 Å². The van der Waals surface area contributed by atoms with Crippen molar-refractivity contribution in [3.63, 3.8) is 0 Å². The lowest BCUT2D eigenvalue weighted by molar-refractivity contribution is 1.00. The number of hydrogen-bond acceptors (Lipinski definition) is 0.